The van der Waals surface area contributed by atoms with E-state index in [9.17, 15) is 0 Å². The van der Waals surface area contributed by atoms with Gasteiger partial charge in [-0.1, -0.05) is 0 Å². The van der Waals surface area contributed by atoms with E-state index in [-0.39, 0.29) is 5.60 Å². The van der Waals surface area contributed by atoms with Crippen LogP contribution in [-0.2, 0) is 10.3 Å². The number of hydrogen-bond acceptors (Lipinski definition) is 4. The zero-order chi connectivity index (χ0) is 11.8. The highest BCUT2D eigenvalue weighted by Gasteiger charge is 2.35. The number of rotatable bonds is 2. The van der Waals surface area contributed by atoms with Crippen molar-refractivity contribution in [2.75, 3.05) is 19.0 Å². The molecule has 0 spiro atoms. The fourth-order valence-electron chi connectivity index (χ4n) is 1.92. The summed E-state index contributed by atoms with van der Waals surface area (Å²) in [5, 5.41) is 3.06. The molecule has 1 atom stereocenters. The Kier molecular flexibility index (Phi) is 3.17. The Balaban J connectivity index is 2.45. The third-order valence-electron chi connectivity index (χ3n) is 2.95. The largest absolute Gasteiger partial charge is 0.372 e. The van der Waals surface area contributed by atoms with E-state index in [0.29, 0.717) is 0 Å². The minimum Gasteiger partial charge on any atom is -0.372 e. The average molecular weight is 286 g/mol. The van der Waals surface area contributed by atoms with Gasteiger partial charge in [-0.2, -0.15) is 0 Å². The van der Waals surface area contributed by atoms with Gasteiger partial charge in [0.2, 0.25) is 0 Å². The maximum Gasteiger partial charge on any atom is 0.162 e. The highest BCUT2D eigenvalue weighted by Crippen LogP contribution is 2.35. The molecule has 0 aromatic carbocycles. The van der Waals surface area contributed by atoms with Crippen molar-refractivity contribution in [3.8, 4) is 0 Å². The first kappa shape index (κ1) is 11.8. The van der Waals surface area contributed by atoms with Crippen LogP contribution < -0.4 is 5.32 Å². The molecule has 5 heteroatoms. The van der Waals surface area contributed by atoms with Crippen LogP contribution in [0.3, 0.4) is 0 Å². The number of halogens is 1. The quantitative estimate of drug-likeness (QED) is 0.908. The minimum absolute atomic E-state index is 0.322. The summed E-state index contributed by atoms with van der Waals surface area (Å²) in [7, 11) is 1.86. The average Bonchev–Trinajstić information content (AvgIpc) is 2.70. The Labute approximate surface area is 104 Å². The van der Waals surface area contributed by atoms with Gasteiger partial charge in [-0.15, -0.1) is 0 Å². The number of nitrogens with zero attached hydrogens (tertiary/aromatic N) is 2. The van der Waals surface area contributed by atoms with Crippen LogP contribution in [0.5, 0.6) is 0 Å². The monoisotopic (exact) mass is 285 g/mol. The van der Waals surface area contributed by atoms with E-state index >= 15 is 0 Å². The van der Waals surface area contributed by atoms with Gasteiger partial charge in [-0.3, -0.25) is 0 Å². The van der Waals surface area contributed by atoms with E-state index in [2.05, 4.69) is 38.1 Å². The van der Waals surface area contributed by atoms with Gasteiger partial charge < -0.3 is 10.1 Å². The Bertz CT molecular complexity index is 402. The maximum absolute atomic E-state index is 5.75. The molecule has 2 rings (SSSR count). The lowest BCUT2D eigenvalue weighted by atomic mass is 10.0. The molecule has 1 unspecified atom stereocenters. The normalized spacial score (nSPS) is 24.8. The Morgan fingerprint density at radius 2 is 2.19 bits per heavy atom. The highest BCUT2D eigenvalue weighted by molar-refractivity contribution is 9.10. The minimum atomic E-state index is -0.322. The number of aromatic nitrogens is 2. The van der Waals surface area contributed by atoms with E-state index in [1.165, 1.54) is 0 Å². The molecule has 1 fully saturated rings. The van der Waals surface area contributed by atoms with Gasteiger partial charge in [0.05, 0.1) is 10.2 Å². The topological polar surface area (TPSA) is 47.0 Å². The predicted molar refractivity (Wildman–Crippen MR) is 66.6 cm³/mol. The first-order valence-electron chi connectivity index (χ1n) is 5.43. The smallest absolute Gasteiger partial charge is 0.162 e. The fourth-order valence-corrected chi connectivity index (χ4v) is 2.29. The van der Waals surface area contributed by atoms with E-state index < -0.39 is 0 Å². The van der Waals surface area contributed by atoms with Crippen LogP contribution in [-0.4, -0.2) is 23.6 Å². The molecule has 0 radical (unpaired) electrons. The van der Waals surface area contributed by atoms with Gasteiger partial charge in [-0.05, 0) is 42.6 Å². The number of ether oxygens (including phenoxy) is 1. The lowest BCUT2D eigenvalue weighted by Crippen LogP contribution is -2.24. The van der Waals surface area contributed by atoms with Crippen molar-refractivity contribution in [1.29, 1.82) is 0 Å². The molecular weight excluding hydrogens is 270 g/mol. The van der Waals surface area contributed by atoms with Gasteiger partial charge in [0.15, 0.2) is 5.82 Å². The molecule has 1 aromatic rings. The molecule has 1 aliphatic rings. The summed E-state index contributed by atoms with van der Waals surface area (Å²) in [6.45, 7) is 4.82. The number of nitrogens with one attached hydrogen (secondary N) is 1. The van der Waals surface area contributed by atoms with E-state index in [0.717, 1.165) is 41.3 Å². The van der Waals surface area contributed by atoms with Crippen LogP contribution >= 0.6 is 15.9 Å². The zero-order valence-corrected chi connectivity index (χ0v) is 11.4. The van der Waals surface area contributed by atoms with E-state index in [1.807, 2.05) is 14.0 Å². The van der Waals surface area contributed by atoms with Crippen molar-refractivity contribution >= 4 is 21.7 Å². The summed E-state index contributed by atoms with van der Waals surface area (Å²) < 4.78 is 6.67. The SMILES string of the molecule is CNc1nc(C2(C)CCCO2)nc(C)c1Br. The third kappa shape index (κ3) is 1.94. The van der Waals surface area contributed by atoms with Crippen molar-refractivity contribution in [2.24, 2.45) is 0 Å². The standard InChI is InChI=1S/C11H16BrN3O/c1-7-8(12)9(13-3)15-10(14-7)11(2)5-4-6-16-11/h4-6H2,1-3H3,(H,13,14,15). The molecule has 0 saturated carbocycles. The zero-order valence-electron chi connectivity index (χ0n) is 9.80. The number of aryl methyl sites for hydroxylation is 1. The van der Waals surface area contributed by atoms with Gasteiger partial charge >= 0.3 is 0 Å². The van der Waals surface area contributed by atoms with Gasteiger partial charge in [0.1, 0.15) is 11.4 Å². The fraction of sp³-hybridized carbons (Fsp3) is 0.636. The second-order valence-corrected chi connectivity index (χ2v) is 5.02. The van der Waals surface area contributed by atoms with Crippen LogP contribution in [0.25, 0.3) is 0 Å². The van der Waals surface area contributed by atoms with Gasteiger partial charge in [-0.25, -0.2) is 9.97 Å². The van der Waals surface area contributed by atoms with E-state index in [4.69, 9.17) is 4.74 Å². The molecule has 1 aliphatic heterocycles. The van der Waals surface area contributed by atoms with Crippen molar-refractivity contribution in [3.05, 3.63) is 16.0 Å². The van der Waals surface area contributed by atoms with E-state index in [1.54, 1.807) is 0 Å². The molecule has 2 heterocycles. The second-order valence-electron chi connectivity index (χ2n) is 4.23. The maximum atomic E-state index is 5.75. The van der Waals surface area contributed by atoms with Crippen LogP contribution in [0, 0.1) is 6.92 Å². The molecule has 0 amide bonds. The summed E-state index contributed by atoms with van der Waals surface area (Å²) in [5.41, 5.74) is 0.614. The lowest BCUT2D eigenvalue weighted by molar-refractivity contribution is 0.00928. The molecule has 88 valence electrons. The molecule has 1 N–H and O–H groups in total. The highest BCUT2D eigenvalue weighted by atomic mass is 79.9. The van der Waals surface area contributed by atoms with Crippen LogP contribution in [0.2, 0.25) is 0 Å². The summed E-state index contributed by atoms with van der Waals surface area (Å²) in [5.74, 6) is 1.59. The molecule has 0 aliphatic carbocycles. The molecular formula is C11H16BrN3O. The first-order chi connectivity index (χ1) is 7.57. The summed E-state index contributed by atoms with van der Waals surface area (Å²) in [6.07, 6.45) is 2.06. The molecule has 1 aromatic heterocycles. The first-order valence-corrected chi connectivity index (χ1v) is 6.22. The van der Waals surface area contributed by atoms with Crippen molar-refractivity contribution in [1.82, 2.24) is 9.97 Å². The van der Waals surface area contributed by atoms with Crippen molar-refractivity contribution in [2.45, 2.75) is 32.3 Å². The van der Waals surface area contributed by atoms with Gasteiger partial charge in [0, 0.05) is 13.7 Å². The Hall–Kier alpha value is -0.680. The Morgan fingerprint density at radius 3 is 2.75 bits per heavy atom. The van der Waals surface area contributed by atoms with Crippen LogP contribution in [0.4, 0.5) is 5.82 Å². The summed E-state index contributed by atoms with van der Waals surface area (Å²) in [6, 6.07) is 0. The predicted octanol–water partition coefficient (Wildman–Crippen LogP) is 2.61. The summed E-state index contributed by atoms with van der Waals surface area (Å²) in [4.78, 5) is 9.02. The third-order valence-corrected chi connectivity index (χ3v) is 3.89. The molecule has 16 heavy (non-hydrogen) atoms. The molecule has 0 bridgehead atoms. The van der Waals surface area contributed by atoms with Crippen LogP contribution in [0.1, 0.15) is 31.3 Å². The van der Waals surface area contributed by atoms with Gasteiger partial charge in [0.25, 0.3) is 0 Å². The molecule has 1 saturated heterocycles. The number of anilines is 1. The number of hydrogen-bond donors (Lipinski definition) is 1. The van der Waals surface area contributed by atoms with Crippen molar-refractivity contribution < 1.29 is 4.74 Å². The lowest BCUT2D eigenvalue weighted by Gasteiger charge is -2.22. The molecule has 4 nitrogen and oxygen atoms in total. The van der Waals surface area contributed by atoms with Crippen molar-refractivity contribution in [3.63, 3.8) is 0 Å². The van der Waals surface area contributed by atoms with Crippen LogP contribution in [0.15, 0.2) is 4.47 Å². The second kappa shape index (κ2) is 4.30. The summed E-state index contributed by atoms with van der Waals surface area (Å²) >= 11 is 3.47. The Morgan fingerprint density at radius 1 is 1.44 bits per heavy atom.